The molecule has 1 amide bonds. The first-order chi connectivity index (χ1) is 7.20. The number of halogens is 1. The van der Waals surface area contributed by atoms with Crippen molar-refractivity contribution in [3.05, 3.63) is 23.2 Å². The average molecular weight is 227 g/mol. The lowest BCUT2D eigenvalue weighted by molar-refractivity contribution is 0.0675. The molecular formula is C9H11ClN4O. The van der Waals surface area contributed by atoms with E-state index in [2.05, 4.69) is 15.3 Å². The number of amides is 1. The fraction of sp³-hybridized carbons (Fsp3) is 0.444. The molecule has 2 heterocycles. The second kappa shape index (κ2) is 4.12. The zero-order chi connectivity index (χ0) is 10.8. The van der Waals surface area contributed by atoms with E-state index in [-0.39, 0.29) is 17.6 Å². The fourth-order valence-electron chi connectivity index (χ4n) is 1.35. The molecule has 1 saturated heterocycles. The van der Waals surface area contributed by atoms with Crippen LogP contribution in [-0.4, -0.2) is 47.0 Å². The zero-order valence-electron chi connectivity index (χ0n) is 8.27. The van der Waals surface area contributed by atoms with Crippen molar-refractivity contribution in [2.45, 2.75) is 6.04 Å². The van der Waals surface area contributed by atoms with Crippen LogP contribution in [0, 0.1) is 0 Å². The van der Waals surface area contributed by atoms with Crippen LogP contribution in [0.25, 0.3) is 0 Å². The van der Waals surface area contributed by atoms with Crippen molar-refractivity contribution < 1.29 is 4.79 Å². The van der Waals surface area contributed by atoms with Gasteiger partial charge < -0.3 is 10.2 Å². The van der Waals surface area contributed by atoms with E-state index >= 15 is 0 Å². The first kappa shape index (κ1) is 10.3. The molecule has 1 aromatic heterocycles. The highest BCUT2D eigenvalue weighted by atomic mass is 35.5. The smallest absolute Gasteiger partial charge is 0.274 e. The second-order valence-electron chi connectivity index (χ2n) is 3.45. The van der Waals surface area contributed by atoms with Crippen molar-refractivity contribution >= 4 is 17.5 Å². The summed E-state index contributed by atoms with van der Waals surface area (Å²) in [7, 11) is 1.76. The Morgan fingerprint density at radius 3 is 2.93 bits per heavy atom. The van der Waals surface area contributed by atoms with Crippen molar-refractivity contribution in [1.82, 2.24) is 20.2 Å². The lowest BCUT2D eigenvalue weighted by Gasteiger charge is -2.35. The van der Waals surface area contributed by atoms with E-state index in [1.807, 2.05) is 0 Å². The summed E-state index contributed by atoms with van der Waals surface area (Å²) in [5, 5.41) is 3.40. The van der Waals surface area contributed by atoms with Crippen molar-refractivity contribution in [3.63, 3.8) is 0 Å². The van der Waals surface area contributed by atoms with Gasteiger partial charge in [-0.1, -0.05) is 11.6 Å². The van der Waals surface area contributed by atoms with Gasteiger partial charge in [0, 0.05) is 26.3 Å². The van der Waals surface area contributed by atoms with E-state index in [9.17, 15) is 4.79 Å². The molecule has 0 saturated carbocycles. The summed E-state index contributed by atoms with van der Waals surface area (Å²) in [6.45, 7) is 1.65. The molecule has 5 nitrogen and oxygen atoms in total. The quantitative estimate of drug-likeness (QED) is 0.781. The molecule has 80 valence electrons. The van der Waals surface area contributed by atoms with Gasteiger partial charge in [-0.15, -0.1) is 0 Å². The van der Waals surface area contributed by atoms with Crippen LogP contribution in [0.2, 0.25) is 5.02 Å². The third-order valence-electron chi connectivity index (χ3n) is 2.50. The van der Waals surface area contributed by atoms with Crippen LogP contribution in [0.3, 0.4) is 0 Å². The Balaban J connectivity index is 2.16. The summed E-state index contributed by atoms with van der Waals surface area (Å²) in [6.07, 6.45) is 2.75. The number of carbonyl (C=O) groups is 1. The van der Waals surface area contributed by atoms with Crippen LogP contribution in [0.5, 0.6) is 0 Å². The molecule has 6 heteroatoms. The van der Waals surface area contributed by atoms with Crippen molar-refractivity contribution in [2.75, 3.05) is 20.1 Å². The Kier molecular flexibility index (Phi) is 2.83. The predicted molar refractivity (Wildman–Crippen MR) is 55.8 cm³/mol. The largest absolute Gasteiger partial charge is 0.335 e. The molecule has 1 aliphatic rings. The number of likely N-dealkylation sites (N-methyl/N-ethyl adjacent to an activating group) is 1. The third-order valence-corrected chi connectivity index (χ3v) is 2.77. The van der Waals surface area contributed by atoms with Gasteiger partial charge in [0.2, 0.25) is 0 Å². The number of carbonyl (C=O) groups excluding carboxylic acids is 1. The number of hydrogen-bond donors (Lipinski definition) is 1. The summed E-state index contributed by atoms with van der Waals surface area (Å²) >= 11 is 5.84. The lowest BCUT2D eigenvalue weighted by Crippen LogP contribution is -2.57. The van der Waals surface area contributed by atoms with Crippen LogP contribution in [0.1, 0.15) is 10.5 Å². The monoisotopic (exact) mass is 226 g/mol. The van der Waals surface area contributed by atoms with E-state index in [0.29, 0.717) is 5.02 Å². The minimum atomic E-state index is -0.158. The molecule has 0 aliphatic carbocycles. The number of hydrogen-bond acceptors (Lipinski definition) is 4. The van der Waals surface area contributed by atoms with Gasteiger partial charge in [0.15, 0.2) is 0 Å². The molecule has 0 aromatic carbocycles. The van der Waals surface area contributed by atoms with Gasteiger partial charge in [-0.2, -0.15) is 0 Å². The number of aromatic nitrogens is 2. The van der Waals surface area contributed by atoms with Gasteiger partial charge >= 0.3 is 0 Å². The van der Waals surface area contributed by atoms with Gasteiger partial charge in [0.05, 0.1) is 11.1 Å². The topological polar surface area (TPSA) is 58.1 Å². The number of rotatable bonds is 2. The minimum absolute atomic E-state index is 0.158. The molecule has 1 fully saturated rings. The Labute approximate surface area is 92.5 Å². The molecule has 0 spiro atoms. The number of nitrogens with zero attached hydrogens (tertiary/aromatic N) is 3. The van der Waals surface area contributed by atoms with Crippen LogP contribution in [0.15, 0.2) is 12.5 Å². The molecular weight excluding hydrogens is 216 g/mol. The van der Waals surface area contributed by atoms with Crippen LogP contribution < -0.4 is 5.32 Å². The number of nitrogens with one attached hydrogen (secondary N) is 1. The molecule has 1 N–H and O–H groups in total. The van der Waals surface area contributed by atoms with Gasteiger partial charge in [0.25, 0.3) is 5.91 Å². The van der Waals surface area contributed by atoms with E-state index in [0.717, 1.165) is 13.1 Å². The highest BCUT2D eigenvalue weighted by Gasteiger charge is 2.27. The highest BCUT2D eigenvalue weighted by molar-refractivity contribution is 6.33. The van der Waals surface area contributed by atoms with E-state index in [1.54, 1.807) is 11.9 Å². The molecule has 2 rings (SSSR count). The van der Waals surface area contributed by atoms with E-state index < -0.39 is 0 Å². The maximum atomic E-state index is 11.9. The maximum absolute atomic E-state index is 11.9. The summed E-state index contributed by atoms with van der Waals surface area (Å²) in [5.74, 6) is -0.158. The standard InChI is InChI=1S/C9H11ClN4O/c1-14(6-2-11-3-6)9(15)8-7(10)4-12-5-13-8/h4-6,11H,2-3H2,1H3. The SMILES string of the molecule is CN(C(=O)c1ncncc1Cl)C1CNC1. The molecule has 0 atom stereocenters. The molecule has 1 aromatic rings. The van der Waals surface area contributed by atoms with E-state index in [4.69, 9.17) is 11.6 Å². The summed E-state index contributed by atoms with van der Waals surface area (Å²) in [5.41, 5.74) is 0.265. The maximum Gasteiger partial charge on any atom is 0.274 e. The van der Waals surface area contributed by atoms with Crippen molar-refractivity contribution in [3.8, 4) is 0 Å². The molecule has 1 aliphatic heterocycles. The summed E-state index contributed by atoms with van der Waals surface area (Å²) in [4.78, 5) is 21.2. The van der Waals surface area contributed by atoms with E-state index in [1.165, 1.54) is 12.5 Å². The highest BCUT2D eigenvalue weighted by Crippen LogP contribution is 2.14. The van der Waals surface area contributed by atoms with Crippen LogP contribution in [0.4, 0.5) is 0 Å². The Morgan fingerprint density at radius 2 is 2.40 bits per heavy atom. The summed E-state index contributed by atoms with van der Waals surface area (Å²) < 4.78 is 0. The predicted octanol–water partition coefficient (Wildman–Crippen LogP) is 0.174. The van der Waals surface area contributed by atoms with Gasteiger partial charge in [-0.25, -0.2) is 9.97 Å². The Morgan fingerprint density at radius 1 is 1.67 bits per heavy atom. The van der Waals surface area contributed by atoms with Gasteiger partial charge in [-0.3, -0.25) is 4.79 Å². The summed E-state index contributed by atoms with van der Waals surface area (Å²) in [6, 6.07) is 0.239. The van der Waals surface area contributed by atoms with Gasteiger partial charge in [-0.05, 0) is 0 Å². The molecule has 15 heavy (non-hydrogen) atoms. The lowest BCUT2D eigenvalue weighted by atomic mass is 10.1. The molecule has 0 bridgehead atoms. The Hall–Kier alpha value is -1.20. The Bertz CT molecular complexity index is 380. The normalized spacial score (nSPS) is 15.9. The average Bonchev–Trinajstić information content (AvgIpc) is 2.15. The zero-order valence-corrected chi connectivity index (χ0v) is 9.03. The third kappa shape index (κ3) is 1.93. The second-order valence-corrected chi connectivity index (χ2v) is 3.85. The van der Waals surface area contributed by atoms with Gasteiger partial charge in [0.1, 0.15) is 12.0 Å². The fourth-order valence-corrected chi connectivity index (χ4v) is 1.54. The van der Waals surface area contributed by atoms with Crippen molar-refractivity contribution in [2.24, 2.45) is 0 Å². The first-order valence-electron chi connectivity index (χ1n) is 4.63. The first-order valence-corrected chi connectivity index (χ1v) is 5.01. The van der Waals surface area contributed by atoms with Crippen molar-refractivity contribution in [1.29, 1.82) is 0 Å². The van der Waals surface area contributed by atoms with Crippen LogP contribution in [-0.2, 0) is 0 Å². The molecule has 0 unspecified atom stereocenters. The minimum Gasteiger partial charge on any atom is -0.335 e. The molecule has 0 radical (unpaired) electrons. The van der Waals surface area contributed by atoms with Crippen LogP contribution >= 0.6 is 11.6 Å².